The number of aliphatic hydroxyl groups is 1. The minimum atomic E-state index is -4.76. The molecule has 0 spiro atoms. The Hall–Kier alpha value is -3.60. The molecule has 3 atom stereocenters. The molecule has 0 aliphatic heterocycles. The third kappa shape index (κ3) is 49.4. The molecule has 400 valence electrons. The highest BCUT2D eigenvalue weighted by atomic mass is 31.2. The van der Waals surface area contributed by atoms with Crippen LogP contribution in [-0.4, -0.2) is 66.5 Å². The number of phosphoric ester groups is 1. The first kappa shape index (κ1) is 66.4. The molecule has 0 aromatic heterocycles. The molecule has 2 N–H and O–H groups in total. The Labute approximate surface area is 425 Å². The summed E-state index contributed by atoms with van der Waals surface area (Å²) >= 11 is 0. The number of aliphatic hydroxyl groups excluding tert-OH is 1. The van der Waals surface area contributed by atoms with Gasteiger partial charge in [0.15, 0.2) is 6.10 Å². The summed E-state index contributed by atoms with van der Waals surface area (Å²) in [5.74, 6) is -1.53. The zero-order chi connectivity index (χ0) is 51.3. The number of hydrogen-bond acceptors (Lipinski definition) is 10. The number of phosphoric acid groups is 1. The maximum atomic E-state index is 12.9. The molecule has 0 heterocycles. The number of hydrogen-bond donors (Lipinski definition) is 2. The van der Waals surface area contributed by atoms with E-state index in [-0.39, 0.29) is 25.9 Å². The average molecular weight is 1000 g/mol. The summed E-state index contributed by atoms with van der Waals surface area (Å²) in [6.07, 6.45) is 59.4. The summed E-state index contributed by atoms with van der Waals surface area (Å²) in [7, 11) is -4.76. The predicted molar refractivity (Wildman–Crippen MR) is 288 cm³/mol. The van der Waals surface area contributed by atoms with Crippen molar-refractivity contribution >= 4 is 25.7 Å². The van der Waals surface area contributed by atoms with Gasteiger partial charge in [0.2, 0.25) is 0 Å². The molecule has 0 radical (unpaired) electrons. The molecule has 0 saturated heterocycles. The summed E-state index contributed by atoms with van der Waals surface area (Å²) in [5, 5.41) is 9.79. The van der Waals surface area contributed by atoms with Crippen LogP contribution < -0.4 is 0 Å². The number of allylic oxidation sites excluding steroid dienone is 16. The fourth-order valence-corrected chi connectivity index (χ4v) is 7.68. The number of unbranched alkanes of at least 4 members (excludes halogenated alkanes) is 16. The van der Waals surface area contributed by atoms with Gasteiger partial charge in [-0.15, -0.1) is 0 Å². The third-order valence-corrected chi connectivity index (χ3v) is 11.9. The van der Waals surface area contributed by atoms with Gasteiger partial charge in [0.25, 0.3) is 0 Å². The summed E-state index contributed by atoms with van der Waals surface area (Å²) in [6.45, 7) is 4.28. The lowest BCUT2D eigenvalue weighted by molar-refractivity contribution is -0.161. The minimum Gasteiger partial charge on any atom is -0.462 e. The largest absolute Gasteiger partial charge is 0.472 e. The van der Waals surface area contributed by atoms with E-state index in [1.807, 2.05) is 0 Å². The van der Waals surface area contributed by atoms with Gasteiger partial charge in [-0.2, -0.15) is 0 Å². The van der Waals surface area contributed by atoms with E-state index in [1.54, 1.807) is 0 Å². The van der Waals surface area contributed by atoms with Crippen LogP contribution in [0.3, 0.4) is 0 Å². The molecule has 0 aromatic carbocycles. The molecule has 0 fully saturated rings. The van der Waals surface area contributed by atoms with Gasteiger partial charge >= 0.3 is 25.7 Å². The Kier molecular flexibility index (Phi) is 49.1. The molecule has 0 aromatic rings. The van der Waals surface area contributed by atoms with Crippen molar-refractivity contribution in [2.45, 2.75) is 226 Å². The summed E-state index contributed by atoms with van der Waals surface area (Å²) in [4.78, 5) is 48.4. The van der Waals surface area contributed by atoms with Crippen molar-refractivity contribution in [1.29, 1.82) is 0 Å². The van der Waals surface area contributed by atoms with E-state index in [0.717, 1.165) is 154 Å². The third-order valence-electron chi connectivity index (χ3n) is 11.0. The maximum absolute atomic E-state index is 12.9. The molecule has 12 heteroatoms. The van der Waals surface area contributed by atoms with Crippen LogP contribution >= 0.6 is 7.82 Å². The van der Waals surface area contributed by atoms with Gasteiger partial charge in [0, 0.05) is 19.3 Å². The van der Waals surface area contributed by atoms with Crippen LogP contribution in [0.5, 0.6) is 0 Å². The Bertz CT molecular complexity index is 1540. The van der Waals surface area contributed by atoms with Crippen LogP contribution in [0.15, 0.2) is 97.2 Å². The van der Waals surface area contributed by atoms with Gasteiger partial charge in [0.05, 0.1) is 19.8 Å². The number of carbonyl (C=O) groups excluding carboxylic acids is 3. The molecule has 0 saturated carbocycles. The number of ether oxygens (including phenoxy) is 3. The normalized spacial score (nSPS) is 14.2. The average Bonchev–Trinajstić information content (AvgIpc) is 3.35. The molecular weight excluding hydrogens is 904 g/mol. The summed E-state index contributed by atoms with van der Waals surface area (Å²) in [6, 6.07) is 0. The summed E-state index contributed by atoms with van der Waals surface area (Å²) < 4.78 is 39.4. The van der Waals surface area contributed by atoms with Crippen LogP contribution in [0.1, 0.15) is 213 Å². The van der Waals surface area contributed by atoms with Crippen LogP contribution in [0.2, 0.25) is 0 Å². The van der Waals surface area contributed by atoms with Crippen LogP contribution in [0.25, 0.3) is 0 Å². The highest BCUT2D eigenvalue weighted by Gasteiger charge is 2.28. The lowest BCUT2D eigenvalue weighted by Crippen LogP contribution is -2.30. The fourth-order valence-electron chi connectivity index (χ4n) is 6.89. The van der Waals surface area contributed by atoms with Gasteiger partial charge < -0.3 is 24.2 Å². The van der Waals surface area contributed by atoms with Crippen molar-refractivity contribution in [3.05, 3.63) is 97.2 Å². The lowest BCUT2D eigenvalue weighted by atomic mass is 10.1. The van der Waals surface area contributed by atoms with Gasteiger partial charge in [-0.25, -0.2) is 4.57 Å². The summed E-state index contributed by atoms with van der Waals surface area (Å²) in [5.41, 5.74) is 0. The van der Waals surface area contributed by atoms with Gasteiger partial charge in [0.1, 0.15) is 12.7 Å². The van der Waals surface area contributed by atoms with Crippen LogP contribution in [-0.2, 0) is 42.2 Å². The highest BCUT2D eigenvalue weighted by molar-refractivity contribution is 7.47. The molecular formula is C58H97O11P. The lowest BCUT2D eigenvalue weighted by Gasteiger charge is -2.21. The van der Waals surface area contributed by atoms with Crippen molar-refractivity contribution in [3.63, 3.8) is 0 Å². The van der Waals surface area contributed by atoms with E-state index in [1.165, 1.54) is 0 Å². The Morgan fingerprint density at radius 2 is 0.743 bits per heavy atom. The molecule has 3 unspecified atom stereocenters. The fraction of sp³-hybridized carbons (Fsp3) is 0.672. The second kappa shape index (κ2) is 51.7. The topological polar surface area (TPSA) is 155 Å². The van der Waals surface area contributed by atoms with Crippen LogP contribution in [0.4, 0.5) is 0 Å². The number of esters is 3. The molecule has 11 nitrogen and oxygen atoms in total. The predicted octanol–water partition coefficient (Wildman–Crippen LogP) is 15.7. The van der Waals surface area contributed by atoms with E-state index >= 15 is 0 Å². The molecule has 0 amide bonds. The Balaban J connectivity index is 4.81. The molecule has 0 aliphatic rings. The number of carbonyl (C=O) groups is 3. The van der Waals surface area contributed by atoms with Crippen molar-refractivity contribution < 1.29 is 52.2 Å². The Morgan fingerprint density at radius 3 is 1.14 bits per heavy atom. The molecule has 0 rings (SSSR count). The quantitative estimate of drug-likeness (QED) is 0.0197. The maximum Gasteiger partial charge on any atom is 0.472 e. The van der Waals surface area contributed by atoms with E-state index < -0.39 is 57.8 Å². The second-order valence-electron chi connectivity index (χ2n) is 17.6. The first-order valence-corrected chi connectivity index (χ1v) is 28.6. The second-order valence-corrected chi connectivity index (χ2v) is 19.1. The van der Waals surface area contributed by atoms with Crippen LogP contribution in [0, 0.1) is 0 Å². The van der Waals surface area contributed by atoms with Crippen molar-refractivity contribution in [3.8, 4) is 0 Å². The number of rotatable bonds is 49. The monoisotopic (exact) mass is 1000 g/mol. The minimum absolute atomic E-state index is 0.139. The van der Waals surface area contributed by atoms with Gasteiger partial charge in [-0.1, -0.05) is 182 Å². The van der Waals surface area contributed by atoms with E-state index in [9.17, 15) is 28.9 Å². The molecule has 0 bridgehead atoms. The van der Waals surface area contributed by atoms with Crippen molar-refractivity contribution in [2.24, 2.45) is 0 Å². The molecule has 70 heavy (non-hydrogen) atoms. The highest BCUT2D eigenvalue weighted by Crippen LogP contribution is 2.43. The van der Waals surface area contributed by atoms with Crippen molar-refractivity contribution in [2.75, 3.05) is 26.4 Å². The van der Waals surface area contributed by atoms with Gasteiger partial charge in [-0.3, -0.25) is 23.4 Å². The Morgan fingerprint density at radius 1 is 0.414 bits per heavy atom. The first-order valence-electron chi connectivity index (χ1n) is 27.1. The van der Waals surface area contributed by atoms with E-state index in [2.05, 4.69) is 118 Å². The first-order chi connectivity index (χ1) is 34.2. The standard InChI is InChI=1S/C58H97O11P/c1-4-7-10-13-16-19-22-25-27-30-32-35-38-41-44-47-56(60)65-51-55(69-58(62)49-46-43-40-37-34-31-28-26-23-20-17-14-11-8-5-2)53-67-70(63,64)66-52-54(50-59)68-57(61)48-45-42-39-36-33-29-24-21-18-15-12-9-6-3/h7-8,10-12,15-17,19-21,24-28,54-55,59H,4-6,9,13-14,18,22-23,29-53H2,1-3H3,(H,63,64)/b10-7-,11-8-,15-12-,19-16-,20-17-,24-21-,27-25-,28-26-. The zero-order valence-corrected chi connectivity index (χ0v) is 44.8. The van der Waals surface area contributed by atoms with Gasteiger partial charge in [-0.05, 0) is 109 Å². The van der Waals surface area contributed by atoms with E-state index in [0.29, 0.717) is 19.3 Å². The van der Waals surface area contributed by atoms with E-state index in [4.69, 9.17) is 23.3 Å². The smallest absolute Gasteiger partial charge is 0.462 e. The zero-order valence-electron chi connectivity index (χ0n) is 43.9. The van der Waals surface area contributed by atoms with Crippen molar-refractivity contribution in [1.82, 2.24) is 0 Å². The SMILES string of the molecule is CC/C=C\C/C=C\C/C=C\CCCCCCCC(=O)OCC(COP(=O)(O)OCC(CO)OC(=O)CCCCCCC/C=C\C/C=C\CCC)OC(=O)CCCCCCC/C=C\C/C=C\C/C=C\CC. The molecule has 0 aliphatic carbocycles.